The Labute approximate surface area is 119 Å². The normalized spacial score (nSPS) is 10.5. The first kappa shape index (κ1) is 16.0. The van der Waals surface area contributed by atoms with Gasteiger partial charge in [-0.25, -0.2) is 9.97 Å². The molecule has 0 radical (unpaired) electrons. The van der Waals surface area contributed by atoms with Gasteiger partial charge in [-0.3, -0.25) is 0 Å². The van der Waals surface area contributed by atoms with Gasteiger partial charge in [-0.15, -0.1) is 0 Å². The summed E-state index contributed by atoms with van der Waals surface area (Å²) in [4.78, 5) is 8.90. The van der Waals surface area contributed by atoms with Crippen LogP contribution < -0.4 is 10.6 Å². The minimum atomic E-state index is 0.454. The number of rotatable bonds is 10. The molecule has 6 heteroatoms. The van der Waals surface area contributed by atoms with Gasteiger partial charge in [0.2, 0.25) is 0 Å². The lowest BCUT2D eigenvalue weighted by atomic mass is 10.4. The van der Waals surface area contributed by atoms with E-state index in [0.29, 0.717) is 13.2 Å². The number of thioether (sulfide) groups is 1. The molecule has 0 fully saturated rings. The second-order valence-electron chi connectivity index (χ2n) is 4.04. The summed E-state index contributed by atoms with van der Waals surface area (Å²) in [5.74, 6) is 3.49. The van der Waals surface area contributed by atoms with E-state index in [2.05, 4.69) is 33.8 Å². The Morgan fingerprint density at radius 2 is 1.84 bits per heavy atom. The van der Waals surface area contributed by atoms with Gasteiger partial charge in [-0.05, 0) is 19.6 Å². The van der Waals surface area contributed by atoms with Crippen LogP contribution in [0, 0.1) is 0 Å². The van der Waals surface area contributed by atoms with Gasteiger partial charge >= 0.3 is 0 Å². The monoisotopic (exact) mass is 284 g/mol. The number of anilines is 2. The summed E-state index contributed by atoms with van der Waals surface area (Å²) in [6.45, 7) is 7.04. The first-order chi connectivity index (χ1) is 9.30. The molecule has 0 unspecified atom stereocenters. The highest BCUT2D eigenvalue weighted by Crippen LogP contribution is 2.12. The van der Waals surface area contributed by atoms with Crippen molar-refractivity contribution in [3.63, 3.8) is 0 Å². The molecule has 0 saturated heterocycles. The van der Waals surface area contributed by atoms with E-state index in [4.69, 9.17) is 4.74 Å². The first-order valence-electron chi connectivity index (χ1n) is 6.72. The molecule has 0 aliphatic rings. The third-order valence-electron chi connectivity index (χ3n) is 2.38. The van der Waals surface area contributed by atoms with Gasteiger partial charge < -0.3 is 15.4 Å². The van der Waals surface area contributed by atoms with Crippen molar-refractivity contribution >= 4 is 23.4 Å². The van der Waals surface area contributed by atoms with Gasteiger partial charge in [0.05, 0.1) is 0 Å². The fraction of sp³-hybridized carbons (Fsp3) is 0.692. The third kappa shape index (κ3) is 6.63. The van der Waals surface area contributed by atoms with Crippen LogP contribution in [0.25, 0.3) is 0 Å². The molecule has 19 heavy (non-hydrogen) atoms. The van der Waals surface area contributed by atoms with E-state index in [0.717, 1.165) is 42.7 Å². The van der Waals surface area contributed by atoms with Crippen LogP contribution in [-0.2, 0) is 11.3 Å². The second-order valence-corrected chi connectivity index (χ2v) is 5.02. The molecular weight excluding hydrogens is 260 g/mol. The summed E-state index contributed by atoms with van der Waals surface area (Å²) in [6, 6.07) is 1.95. The highest BCUT2D eigenvalue weighted by Gasteiger charge is 2.04. The summed E-state index contributed by atoms with van der Waals surface area (Å²) in [6.07, 6.45) is 3.16. The van der Waals surface area contributed by atoms with Crippen molar-refractivity contribution in [3.05, 3.63) is 11.9 Å². The molecule has 0 atom stereocenters. The molecule has 1 heterocycles. The zero-order valence-corrected chi connectivity index (χ0v) is 12.8. The summed E-state index contributed by atoms with van der Waals surface area (Å²) in [5.41, 5.74) is 0. The standard InChI is InChI=1S/C13H24N4OS/c1-4-6-14-11-9-12(15-7-8-19-3)17-13(16-11)10-18-5-2/h9H,4-8,10H2,1-3H3,(H2,14,15,16,17). The summed E-state index contributed by atoms with van der Waals surface area (Å²) >= 11 is 1.81. The van der Waals surface area contributed by atoms with E-state index in [9.17, 15) is 0 Å². The maximum Gasteiger partial charge on any atom is 0.158 e. The average Bonchev–Trinajstić information content (AvgIpc) is 2.43. The zero-order chi connectivity index (χ0) is 13.9. The highest BCUT2D eigenvalue weighted by atomic mass is 32.2. The van der Waals surface area contributed by atoms with Gasteiger partial charge in [0.1, 0.15) is 18.2 Å². The van der Waals surface area contributed by atoms with Crippen molar-refractivity contribution in [2.45, 2.75) is 26.9 Å². The Morgan fingerprint density at radius 3 is 2.42 bits per heavy atom. The average molecular weight is 284 g/mol. The molecule has 0 aliphatic carbocycles. The van der Waals surface area contributed by atoms with E-state index in [-0.39, 0.29) is 0 Å². The maximum atomic E-state index is 5.37. The molecule has 1 rings (SSSR count). The zero-order valence-electron chi connectivity index (χ0n) is 12.0. The second kappa shape index (κ2) is 9.86. The molecule has 5 nitrogen and oxygen atoms in total. The predicted molar refractivity (Wildman–Crippen MR) is 83.0 cm³/mol. The molecule has 0 aromatic carbocycles. The van der Waals surface area contributed by atoms with Crippen LogP contribution in [0.2, 0.25) is 0 Å². The molecular formula is C13H24N4OS. The first-order valence-corrected chi connectivity index (χ1v) is 8.11. The number of nitrogens with zero attached hydrogens (tertiary/aromatic N) is 2. The number of hydrogen-bond donors (Lipinski definition) is 2. The van der Waals surface area contributed by atoms with Gasteiger partial charge in [0.15, 0.2) is 5.82 Å². The van der Waals surface area contributed by atoms with Gasteiger partial charge in [-0.1, -0.05) is 6.92 Å². The molecule has 1 aromatic rings. The van der Waals surface area contributed by atoms with E-state index < -0.39 is 0 Å². The third-order valence-corrected chi connectivity index (χ3v) is 2.99. The van der Waals surface area contributed by atoms with Crippen LogP contribution in [0.4, 0.5) is 11.6 Å². The van der Waals surface area contributed by atoms with Gasteiger partial charge in [-0.2, -0.15) is 11.8 Å². The molecule has 1 aromatic heterocycles. The van der Waals surface area contributed by atoms with Crippen molar-refractivity contribution in [1.82, 2.24) is 9.97 Å². The lowest BCUT2D eigenvalue weighted by Gasteiger charge is -2.10. The van der Waals surface area contributed by atoms with Crippen molar-refractivity contribution in [1.29, 1.82) is 0 Å². The SMILES string of the molecule is CCCNc1cc(NCCSC)nc(COCC)n1. The topological polar surface area (TPSA) is 59.1 Å². The fourth-order valence-electron chi connectivity index (χ4n) is 1.47. The lowest BCUT2D eigenvalue weighted by molar-refractivity contribution is 0.128. The Bertz CT molecular complexity index is 336. The Hall–Kier alpha value is -1.01. The molecule has 0 bridgehead atoms. The minimum absolute atomic E-state index is 0.454. The summed E-state index contributed by atoms with van der Waals surface area (Å²) in [7, 11) is 0. The molecule has 0 aliphatic heterocycles. The Kier molecular flexibility index (Phi) is 8.33. The fourth-order valence-corrected chi connectivity index (χ4v) is 1.78. The van der Waals surface area contributed by atoms with E-state index in [1.165, 1.54) is 0 Å². The Balaban J connectivity index is 2.70. The Morgan fingerprint density at radius 1 is 1.16 bits per heavy atom. The summed E-state index contributed by atoms with van der Waals surface area (Å²) < 4.78 is 5.37. The van der Waals surface area contributed by atoms with Crippen molar-refractivity contribution in [3.8, 4) is 0 Å². The highest BCUT2D eigenvalue weighted by molar-refractivity contribution is 7.98. The van der Waals surface area contributed by atoms with Crippen LogP contribution in [0.1, 0.15) is 26.1 Å². The van der Waals surface area contributed by atoms with E-state index in [1.807, 2.05) is 24.8 Å². The van der Waals surface area contributed by atoms with Crippen LogP contribution in [-0.4, -0.2) is 41.7 Å². The largest absolute Gasteiger partial charge is 0.374 e. The molecule has 0 spiro atoms. The van der Waals surface area contributed by atoms with Gasteiger partial charge in [0.25, 0.3) is 0 Å². The molecule has 2 N–H and O–H groups in total. The smallest absolute Gasteiger partial charge is 0.158 e. The van der Waals surface area contributed by atoms with Crippen molar-refractivity contribution in [2.75, 3.05) is 42.3 Å². The van der Waals surface area contributed by atoms with Gasteiger partial charge in [0, 0.05) is 31.5 Å². The summed E-state index contributed by atoms with van der Waals surface area (Å²) in [5, 5.41) is 6.60. The van der Waals surface area contributed by atoms with Crippen molar-refractivity contribution < 1.29 is 4.74 Å². The number of ether oxygens (including phenoxy) is 1. The van der Waals surface area contributed by atoms with Crippen LogP contribution in [0.5, 0.6) is 0 Å². The number of hydrogen-bond acceptors (Lipinski definition) is 6. The predicted octanol–water partition coefficient (Wildman–Crippen LogP) is 2.61. The van der Waals surface area contributed by atoms with Crippen LogP contribution in [0.15, 0.2) is 6.07 Å². The lowest BCUT2D eigenvalue weighted by Crippen LogP contribution is -2.11. The van der Waals surface area contributed by atoms with Crippen LogP contribution >= 0.6 is 11.8 Å². The number of aromatic nitrogens is 2. The van der Waals surface area contributed by atoms with Crippen LogP contribution in [0.3, 0.4) is 0 Å². The molecule has 108 valence electrons. The molecule has 0 amide bonds. The van der Waals surface area contributed by atoms with Crippen molar-refractivity contribution in [2.24, 2.45) is 0 Å². The number of nitrogens with one attached hydrogen (secondary N) is 2. The minimum Gasteiger partial charge on any atom is -0.374 e. The maximum absolute atomic E-state index is 5.37. The quantitative estimate of drug-likeness (QED) is 0.644. The van der Waals surface area contributed by atoms with E-state index >= 15 is 0 Å². The molecule has 0 saturated carbocycles. The van der Waals surface area contributed by atoms with E-state index in [1.54, 1.807) is 0 Å².